The summed E-state index contributed by atoms with van der Waals surface area (Å²) < 4.78 is 5.52. The second kappa shape index (κ2) is 5.48. The van der Waals surface area contributed by atoms with Crippen LogP contribution in [0, 0.1) is 5.92 Å². The molecule has 0 bridgehead atoms. The molecule has 4 unspecified atom stereocenters. The predicted octanol–water partition coefficient (Wildman–Crippen LogP) is 1.48. The summed E-state index contributed by atoms with van der Waals surface area (Å²) in [5, 5.41) is 3.69. The highest BCUT2D eigenvalue weighted by Crippen LogP contribution is 2.21. The molecule has 3 heteroatoms. The van der Waals surface area contributed by atoms with E-state index >= 15 is 0 Å². The molecule has 0 aromatic rings. The fourth-order valence-corrected chi connectivity index (χ4v) is 2.87. The Bertz CT molecular complexity index is 216. The minimum absolute atomic E-state index is 0.659. The maximum atomic E-state index is 5.52. The smallest absolute Gasteiger partial charge is 0.0622 e. The van der Waals surface area contributed by atoms with Crippen LogP contribution in [0.4, 0.5) is 0 Å². The van der Waals surface area contributed by atoms with Gasteiger partial charge in [-0.05, 0) is 19.3 Å². The van der Waals surface area contributed by atoms with E-state index in [0.717, 1.165) is 25.7 Å². The van der Waals surface area contributed by atoms with Crippen molar-refractivity contribution in [2.45, 2.75) is 51.7 Å². The lowest BCUT2D eigenvalue weighted by Gasteiger charge is -2.43. The van der Waals surface area contributed by atoms with Crippen LogP contribution in [0.15, 0.2) is 0 Å². The summed E-state index contributed by atoms with van der Waals surface area (Å²) in [6.07, 6.45) is 2.48. The van der Waals surface area contributed by atoms with Crippen molar-refractivity contribution >= 4 is 0 Å². The molecule has 94 valence electrons. The second-order valence-corrected chi connectivity index (χ2v) is 5.46. The Morgan fingerprint density at radius 2 is 2.31 bits per heavy atom. The zero-order valence-electron chi connectivity index (χ0n) is 10.9. The van der Waals surface area contributed by atoms with Crippen molar-refractivity contribution in [2.75, 3.05) is 26.3 Å². The van der Waals surface area contributed by atoms with Crippen molar-refractivity contribution in [1.29, 1.82) is 0 Å². The van der Waals surface area contributed by atoms with Crippen LogP contribution >= 0.6 is 0 Å². The molecule has 16 heavy (non-hydrogen) atoms. The van der Waals surface area contributed by atoms with Crippen LogP contribution in [0.3, 0.4) is 0 Å². The van der Waals surface area contributed by atoms with Gasteiger partial charge < -0.3 is 10.1 Å². The Morgan fingerprint density at radius 3 is 2.94 bits per heavy atom. The zero-order chi connectivity index (χ0) is 11.5. The van der Waals surface area contributed by atoms with Crippen LogP contribution < -0.4 is 5.32 Å². The van der Waals surface area contributed by atoms with Crippen molar-refractivity contribution in [3.05, 3.63) is 0 Å². The minimum Gasteiger partial charge on any atom is -0.380 e. The van der Waals surface area contributed by atoms with Crippen LogP contribution in [0.1, 0.15) is 33.6 Å². The predicted molar refractivity (Wildman–Crippen MR) is 66.6 cm³/mol. The summed E-state index contributed by atoms with van der Waals surface area (Å²) in [6, 6.07) is 2.00. The zero-order valence-corrected chi connectivity index (χ0v) is 10.9. The molecule has 2 heterocycles. The number of ether oxygens (including phenoxy) is 1. The van der Waals surface area contributed by atoms with E-state index in [1.165, 1.54) is 19.4 Å². The van der Waals surface area contributed by atoms with Gasteiger partial charge >= 0.3 is 0 Å². The van der Waals surface area contributed by atoms with E-state index < -0.39 is 0 Å². The fraction of sp³-hybridized carbons (Fsp3) is 1.00. The van der Waals surface area contributed by atoms with E-state index in [-0.39, 0.29) is 0 Å². The van der Waals surface area contributed by atoms with Gasteiger partial charge in [0.25, 0.3) is 0 Å². The van der Waals surface area contributed by atoms with Crippen LogP contribution in [-0.4, -0.2) is 49.3 Å². The van der Waals surface area contributed by atoms with Crippen LogP contribution in [0.2, 0.25) is 0 Å². The molecule has 3 nitrogen and oxygen atoms in total. The van der Waals surface area contributed by atoms with Gasteiger partial charge in [0.1, 0.15) is 0 Å². The van der Waals surface area contributed by atoms with Gasteiger partial charge in [-0.2, -0.15) is 0 Å². The molecule has 0 spiro atoms. The summed E-state index contributed by atoms with van der Waals surface area (Å²) >= 11 is 0. The largest absolute Gasteiger partial charge is 0.380 e. The van der Waals surface area contributed by atoms with E-state index in [1.54, 1.807) is 0 Å². The molecule has 0 radical (unpaired) electrons. The molecule has 0 aliphatic carbocycles. The molecule has 2 aliphatic rings. The van der Waals surface area contributed by atoms with Crippen LogP contribution in [-0.2, 0) is 4.74 Å². The van der Waals surface area contributed by atoms with Gasteiger partial charge in [0.2, 0.25) is 0 Å². The Morgan fingerprint density at radius 1 is 1.50 bits per heavy atom. The highest BCUT2D eigenvalue weighted by molar-refractivity contribution is 4.90. The number of hydrogen-bond donors (Lipinski definition) is 1. The average Bonchev–Trinajstić information content (AvgIpc) is 2.82. The molecular formula is C13H26N2O. The Balaban J connectivity index is 1.94. The van der Waals surface area contributed by atoms with Crippen molar-refractivity contribution in [2.24, 2.45) is 5.92 Å². The topological polar surface area (TPSA) is 24.5 Å². The third-order valence-electron chi connectivity index (χ3n) is 4.35. The van der Waals surface area contributed by atoms with Gasteiger partial charge in [-0.25, -0.2) is 0 Å². The normalized spacial score (nSPS) is 38.8. The standard InChI is InChI=1S/C13H26N2O/c1-4-10(2)13-8-15(11(3)7-14-13)12-5-6-16-9-12/h10-14H,4-9H2,1-3H3. The van der Waals surface area contributed by atoms with Gasteiger partial charge in [0, 0.05) is 37.8 Å². The lowest BCUT2D eigenvalue weighted by molar-refractivity contribution is 0.0653. The maximum absolute atomic E-state index is 5.52. The minimum atomic E-state index is 0.659. The molecule has 1 N–H and O–H groups in total. The molecule has 2 rings (SSSR count). The maximum Gasteiger partial charge on any atom is 0.0622 e. The first-order valence-electron chi connectivity index (χ1n) is 6.79. The lowest BCUT2D eigenvalue weighted by atomic mass is 9.94. The third kappa shape index (κ3) is 2.58. The van der Waals surface area contributed by atoms with Gasteiger partial charge in [-0.3, -0.25) is 4.90 Å². The summed E-state index contributed by atoms with van der Waals surface area (Å²) in [6.45, 7) is 11.2. The summed E-state index contributed by atoms with van der Waals surface area (Å²) in [4.78, 5) is 2.67. The van der Waals surface area contributed by atoms with Crippen LogP contribution in [0.5, 0.6) is 0 Å². The first-order valence-corrected chi connectivity index (χ1v) is 6.79. The van der Waals surface area contributed by atoms with Gasteiger partial charge in [0.15, 0.2) is 0 Å². The number of nitrogens with zero attached hydrogens (tertiary/aromatic N) is 1. The molecule has 0 aromatic carbocycles. The second-order valence-electron chi connectivity index (χ2n) is 5.46. The van der Waals surface area contributed by atoms with Gasteiger partial charge in [-0.1, -0.05) is 20.3 Å². The van der Waals surface area contributed by atoms with Gasteiger partial charge in [-0.15, -0.1) is 0 Å². The van der Waals surface area contributed by atoms with Crippen molar-refractivity contribution < 1.29 is 4.74 Å². The quantitative estimate of drug-likeness (QED) is 0.789. The molecule has 2 fully saturated rings. The van der Waals surface area contributed by atoms with Gasteiger partial charge in [0.05, 0.1) is 6.61 Å². The monoisotopic (exact) mass is 226 g/mol. The molecular weight excluding hydrogens is 200 g/mol. The number of hydrogen-bond acceptors (Lipinski definition) is 3. The summed E-state index contributed by atoms with van der Waals surface area (Å²) in [7, 11) is 0. The first kappa shape index (κ1) is 12.3. The molecule has 2 saturated heterocycles. The van der Waals surface area contributed by atoms with Crippen molar-refractivity contribution in [3.8, 4) is 0 Å². The number of nitrogens with one attached hydrogen (secondary N) is 1. The SMILES string of the molecule is CCC(C)C1CN(C2CCOC2)C(C)CN1. The van der Waals surface area contributed by atoms with E-state index in [2.05, 4.69) is 31.0 Å². The molecule has 4 atom stereocenters. The fourth-order valence-electron chi connectivity index (χ4n) is 2.87. The number of piperazine rings is 1. The molecule has 0 amide bonds. The molecule has 0 saturated carbocycles. The molecule has 2 aliphatic heterocycles. The van der Waals surface area contributed by atoms with E-state index in [0.29, 0.717) is 18.1 Å². The van der Waals surface area contributed by atoms with E-state index in [1.807, 2.05) is 0 Å². The van der Waals surface area contributed by atoms with E-state index in [9.17, 15) is 0 Å². The van der Waals surface area contributed by atoms with E-state index in [4.69, 9.17) is 4.74 Å². The molecule has 0 aromatic heterocycles. The Hall–Kier alpha value is -0.120. The van der Waals surface area contributed by atoms with Crippen LogP contribution in [0.25, 0.3) is 0 Å². The Kier molecular flexibility index (Phi) is 4.22. The Labute approximate surface area is 99.5 Å². The van der Waals surface area contributed by atoms with Crippen molar-refractivity contribution in [1.82, 2.24) is 10.2 Å². The highest BCUT2D eigenvalue weighted by atomic mass is 16.5. The third-order valence-corrected chi connectivity index (χ3v) is 4.35. The summed E-state index contributed by atoms with van der Waals surface area (Å²) in [5.74, 6) is 0.775. The first-order chi connectivity index (χ1) is 7.72. The average molecular weight is 226 g/mol. The summed E-state index contributed by atoms with van der Waals surface area (Å²) in [5.41, 5.74) is 0. The van der Waals surface area contributed by atoms with Crippen molar-refractivity contribution in [3.63, 3.8) is 0 Å². The number of rotatable bonds is 3. The lowest BCUT2D eigenvalue weighted by Crippen LogP contribution is -2.60. The highest BCUT2D eigenvalue weighted by Gasteiger charge is 2.33.